The molecular weight excluding hydrogens is 422 g/mol. The van der Waals surface area contributed by atoms with Crippen LogP contribution in [0.5, 0.6) is 0 Å². The number of hydrogen-bond donors (Lipinski definition) is 2. The van der Waals surface area contributed by atoms with Gasteiger partial charge in [0.05, 0.1) is 38.7 Å². The average molecular weight is 470 g/mol. The number of carboxylic acid groups (broad SMARTS) is 3. The van der Waals surface area contributed by atoms with Gasteiger partial charge >= 0.3 is 11.9 Å². The van der Waals surface area contributed by atoms with Crippen LogP contribution >= 0.6 is 0 Å². The van der Waals surface area contributed by atoms with Crippen LogP contribution in [-0.2, 0) is 14.4 Å². The molecule has 0 aromatic carbocycles. The third kappa shape index (κ3) is 20.4. The molecule has 33 heavy (non-hydrogen) atoms. The molecule has 0 aliphatic heterocycles. The average Bonchev–Trinajstić information content (AvgIpc) is 2.73. The van der Waals surface area contributed by atoms with Crippen molar-refractivity contribution in [2.24, 2.45) is 0 Å². The maximum atomic E-state index is 11.0. The van der Waals surface area contributed by atoms with E-state index in [0.29, 0.717) is 43.4 Å². The van der Waals surface area contributed by atoms with Gasteiger partial charge in [0, 0.05) is 25.2 Å². The fourth-order valence-electron chi connectivity index (χ4n) is 4.24. The van der Waals surface area contributed by atoms with E-state index in [4.69, 9.17) is 10.2 Å². The third-order valence-corrected chi connectivity index (χ3v) is 6.12. The highest BCUT2D eigenvalue weighted by molar-refractivity contribution is 5.66. The van der Waals surface area contributed by atoms with Gasteiger partial charge in [-0.3, -0.25) is 14.1 Å². The van der Waals surface area contributed by atoms with Crippen LogP contribution < -0.4 is 5.11 Å². The van der Waals surface area contributed by atoms with Crippen molar-refractivity contribution in [1.82, 2.24) is 0 Å². The monoisotopic (exact) mass is 469 g/mol. The number of carboxylic acids is 3. The van der Waals surface area contributed by atoms with Crippen LogP contribution in [0.1, 0.15) is 116 Å². The smallest absolute Gasteiger partial charge is 0.303 e. The maximum Gasteiger partial charge on any atom is 0.303 e. The number of hydrogen-bond acceptors (Lipinski definition) is 4. The van der Waals surface area contributed by atoms with E-state index in [1.165, 1.54) is 57.8 Å². The summed E-state index contributed by atoms with van der Waals surface area (Å²) in [6.45, 7) is 3.90. The Morgan fingerprint density at radius 2 is 1.09 bits per heavy atom. The summed E-state index contributed by atoms with van der Waals surface area (Å²) < 4.78 is 0.436. The van der Waals surface area contributed by atoms with Crippen LogP contribution in [0.3, 0.4) is 0 Å². The number of unbranched alkanes of at least 4 members (excludes halogenated alkanes) is 10. The van der Waals surface area contributed by atoms with Gasteiger partial charge in [-0.05, 0) is 25.3 Å². The molecule has 0 unspecified atom stereocenters. The van der Waals surface area contributed by atoms with Gasteiger partial charge in [-0.25, -0.2) is 0 Å². The van der Waals surface area contributed by atoms with E-state index >= 15 is 0 Å². The first kappa shape index (κ1) is 31.1. The summed E-state index contributed by atoms with van der Waals surface area (Å²) in [6, 6.07) is 0. The molecule has 0 atom stereocenters. The highest BCUT2D eigenvalue weighted by atomic mass is 16.4. The van der Waals surface area contributed by atoms with Gasteiger partial charge in [0.15, 0.2) is 0 Å². The Bertz CT molecular complexity index is 511. The molecule has 7 heteroatoms. The first-order chi connectivity index (χ1) is 15.8. The summed E-state index contributed by atoms with van der Waals surface area (Å²) in [7, 11) is 0. The summed E-state index contributed by atoms with van der Waals surface area (Å²) >= 11 is 0. The lowest BCUT2D eigenvalue weighted by Crippen LogP contribution is -2.46. The standard InChI is InChI=1S/C26H47NO6/c1-2-3-4-5-6-7-8-9-10-11-12-13-20-27(21-14-17-24(28)29,22-15-18-25(30)31)23-16-19-26(32)33/h13,20H,2-12,14-19,21-23H2,1H3,(H2-,28,29,30,31,32,33)/b20-13+. The van der Waals surface area contributed by atoms with Gasteiger partial charge in [-0.15, -0.1) is 0 Å². The number of carbonyl (C=O) groups excluding carboxylic acids is 1. The van der Waals surface area contributed by atoms with E-state index in [2.05, 4.69) is 19.2 Å². The lowest BCUT2D eigenvalue weighted by molar-refractivity contribution is -0.880. The molecular formula is C26H47NO6. The molecule has 0 amide bonds. The SMILES string of the molecule is CCCCCCCCCCCC/C=C/[N+](CCCC(=O)[O-])(CCCC(=O)O)CCCC(=O)O. The van der Waals surface area contributed by atoms with Crippen LogP contribution in [0.15, 0.2) is 12.3 Å². The van der Waals surface area contributed by atoms with Gasteiger partial charge in [-0.1, -0.05) is 64.7 Å². The van der Waals surface area contributed by atoms with E-state index < -0.39 is 17.9 Å². The van der Waals surface area contributed by atoms with E-state index in [1.54, 1.807) is 0 Å². The van der Waals surface area contributed by atoms with Gasteiger partial charge in [0.25, 0.3) is 0 Å². The van der Waals surface area contributed by atoms with E-state index in [1.807, 2.05) is 0 Å². The topological polar surface area (TPSA) is 115 Å². The van der Waals surface area contributed by atoms with Gasteiger partial charge in [0.2, 0.25) is 0 Å². The van der Waals surface area contributed by atoms with Crippen molar-refractivity contribution >= 4 is 17.9 Å². The highest BCUT2D eigenvalue weighted by Gasteiger charge is 2.24. The molecule has 192 valence electrons. The zero-order chi connectivity index (χ0) is 24.8. The van der Waals surface area contributed by atoms with Crippen LogP contribution in [0.2, 0.25) is 0 Å². The molecule has 0 aromatic heterocycles. The predicted molar refractivity (Wildman–Crippen MR) is 128 cm³/mol. The van der Waals surface area contributed by atoms with Crippen molar-refractivity contribution in [3.8, 4) is 0 Å². The Morgan fingerprint density at radius 3 is 1.52 bits per heavy atom. The molecule has 0 aliphatic rings. The molecule has 0 radical (unpaired) electrons. The quantitative estimate of drug-likeness (QED) is 0.154. The third-order valence-electron chi connectivity index (χ3n) is 6.12. The molecule has 0 aliphatic carbocycles. The molecule has 2 N–H and O–H groups in total. The summed E-state index contributed by atoms with van der Waals surface area (Å²) in [6.07, 6.45) is 19.3. The zero-order valence-corrected chi connectivity index (χ0v) is 20.8. The first-order valence-corrected chi connectivity index (χ1v) is 13.0. The minimum Gasteiger partial charge on any atom is -0.550 e. The van der Waals surface area contributed by atoms with E-state index in [9.17, 15) is 19.5 Å². The Labute approximate surface area is 200 Å². The van der Waals surface area contributed by atoms with E-state index in [-0.39, 0.29) is 19.3 Å². The number of rotatable bonds is 24. The second-order valence-corrected chi connectivity index (χ2v) is 9.21. The summed E-state index contributed by atoms with van der Waals surface area (Å²) in [5, 5.41) is 28.9. The highest BCUT2D eigenvalue weighted by Crippen LogP contribution is 2.18. The Balaban J connectivity index is 4.63. The largest absolute Gasteiger partial charge is 0.550 e. The number of quaternary nitrogens is 1. The summed E-state index contributed by atoms with van der Waals surface area (Å²) in [4.78, 5) is 32.8. The molecule has 0 saturated carbocycles. The molecule has 0 bridgehead atoms. The summed E-state index contributed by atoms with van der Waals surface area (Å²) in [5.74, 6) is -2.82. The lowest BCUT2D eigenvalue weighted by Gasteiger charge is -2.35. The molecule has 0 heterocycles. The maximum absolute atomic E-state index is 11.0. The van der Waals surface area contributed by atoms with E-state index in [0.717, 1.165) is 12.8 Å². The lowest BCUT2D eigenvalue weighted by atomic mass is 10.1. The van der Waals surface area contributed by atoms with Crippen molar-refractivity contribution in [3.05, 3.63) is 12.3 Å². The van der Waals surface area contributed by atoms with Crippen LogP contribution in [0.25, 0.3) is 0 Å². The Hall–Kier alpha value is -1.89. The van der Waals surface area contributed by atoms with Gasteiger partial charge in [-0.2, -0.15) is 0 Å². The van der Waals surface area contributed by atoms with Crippen molar-refractivity contribution < 1.29 is 34.2 Å². The number of aliphatic carboxylic acids is 3. The predicted octanol–water partition coefficient (Wildman–Crippen LogP) is 4.89. The molecule has 0 rings (SSSR count). The molecule has 0 spiro atoms. The minimum absolute atomic E-state index is 0.0473. The van der Waals surface area contributed by atoms with Crippen LogP contribution in [0.4, 0.5) is 0 Å². The molecule has 0 fully saturated rings. The first-order valence-electron chi connectivity index (χ1n) is 13.0. The van der Waals surface area contributed by atoms with Gasteiger partial charge in [0.1, 0.15) is 0 Å². The second kappa shape index (κ2) is 20.7. The zero-order valence-electron chi connectivity index (χ0n) is 20.8. The number of nitrogens with zero attached hydrogens (tertiary/aromatic N) is 1. The summed E-state index contributed by atoms with van der Waals surface area (Å²) in [5.41, 5.74) is 0. The Morgan fingerprint density at radius 1 is 0.667 bits per heavy atom. The number of allylic oxidation sites excluding steroid dienone is 1. The number of carbonyl (C=O) groups is 3. The second-order valence-electron chi connectivity index (χ2n) is 9.21. The molecule has 7 nitrogen and oxygen atoms in total. The van der Waals surface area contributed by atoms with Gasteiger partial charge < -0.3 is 20.1 Å². The normalized spacial score (nSPS) is 11.8. The minimum atomic E-state index is -1.10. The fourth-order valence-corrected chi connectivity index (χ4v) is 4.24. The van der Waals surface area contributed by atoms with Crippen LogP contribution in [-0.4, -0.2) is 52.2 Å². The fraction of sp³-hybridized carbons (Fsp3) is 0.808. The Kier molecular flexibility index (Phi) is 19.5. The van der Waals surface area contributed by atoms with Crippen molar-refractivity contribution in [3.63, 3.8) is 0 Å². The van der Waals surface area contributed by atoms with Crippen LogP contribution in [0, 0.1) is 0 Å². The van der Waals surface area contributed by atoms with Crippen molar-refractivity contribution in [2.45, 2.75) is 116 Å². The van der Waals surface area contributed by atoms with Crippen molar-refractivity contribution in [2.75, 3.05) is 19.6 Å². The molecule has 0 aromatic rings. The molecule has 0 saturated heterocycles. The van der Waals surface area contributed by atoms with Crippen molar-refractivity contribution in [1.29, 1.82) is 0 Å².